The predicted octanol–water partition coefficient (Wildman–Crippen LogP) is 5.62. The molecule has 0 spiro atoms. The average molecular weight is 341 g/mol. The molecule has 0 aliphatic rings. The van der Waals surface area contributed by atoms with Crippen LogP contribution in [0.25, 0.3) is 0 Å². The Balaban J connectivity index is 2.28. The highest BCUT2D eigenvalue weighted by Gasteiger charge is 2.25. The van der Waals surface area contributed by atoms with Crippen molar-refractivity contribution in [2.24, 2.45) is 4.99 Å². The number of halogens is 5. The predicted molar refractivity (Wildman–Crippen MR) is 83.2 cm³/mol. The zero-order valence-electron chi connectivity index (χ0n) is 13.4. The molecule has 6 heteroatoms. The van der Waals surface area contributed by atoms with E-state index in [1.165, 1.54) is 0 Å². The van der Waals surface area contributed by atoms with E-state index < -0.39 is 34.8 Å². The molecule has 1 nitrogen and oxygen atoms in total. The molecule has 0 aliphatic heterocycles. The molecular weight excluding hydrogens is 325 g/mol. The summed E-state index contributed by atoms with van der Waals surface area (Å²) in [5.74, 6) is -10.1. The van der Waals surface area contributed by atoms with Gasteiger partial charge in [0.25, 0.3) is 0 Å². The largest absolute Gasteiger partial charge is 0.254 e. The van der Waals surface area contributed by atoms with Gasteiger partial charge in [-0.1, -0.05) is 45.0 Å². The Morgan fingerprint density at radius 1 is 0.875 bits per heavy atom. The van der Waals surface area contributed by atoms with Gasteiger partial charge in [-0.05, 0) is 16.5 Å². The van der Waals surface area contributed by atoms with Crippen molar-refractivity contribution in [3.05, 3.63) is 64.5 Å². The Hall–Kier alpha value is -2.24. The van der Waals surface area contributed by atoms with Gasteiger partial charge in [0.05, 0.1) is 0 Å². The van der Waals surface area contributed by atoms with Crippen molar-refractivity contribution < 1.29 is 22.0 Å². The monoisotopic (exact) mass is 341 g/mol. The molecule has 0 amide bonds. The molecule has 0 bridgehead atoms. The molecule has 0 fully saturated rings. The number of nitrogens with zero attached hydrogens (tertiary/aromatic N) is 1. The first-order chi connectivity index (χ1) is 11.1. The molecule has 0 heterocycles. The molecule has 2 rings (SSSR count). The summed E-state index contributed by atoms with van der Waals surface area (Å²) in [5, 5.41) is 0. The maximum Gasteiger partial charge on any atom is 0.200 e. The first-order valence-corrected chi connectivity index (χ1v) is 7.26. The van der Waals surface area contributed by atoms with Crippen molar-refractivity contribution in [3.63, 3.8) is 0 Å². The van der Waals surface area contributed by atoms with E-state index >= 15 is 0 Å². The summed E-state index contributed by atoms with van der Waals surface area (Å²) in [4.78, 5) is 3.43. The van der Waals surface area contributed by atoms with Crippen LogP contribution in [0.4, 0.5) is 27.6 Å². The van der Waals surface area contributed by atoms with Crippen molar-refractivity contribution in [2.45, 2.75) is 32.6 Å². The Morgan fingerprint density at radius 2 is 1.42 bits per heavy atom. The lowest BCUT2D eigenvalue weighted by Crippen LogP contribution is -2.11. The maximum absolute atomic E-state index is 13.5. The van der Waals surface area contributed by atoms with Gasteiger partial charge in [0.15, 0.2) is 23.3 Å². The highest BCUT2D eigenvalue weighted by atomic mass is 19.2. The molecule has 0 saturated carbocycles. The van der Waals surface area contributed by atoms with E-state index in [0.29, 0.717) is 0 Å². The third-order valence-electron chi connectivity index (χ3n) is 3.53. The fraction of sp³-hybridized carbons (Fsp3) is 0.278. The van der Waals surface area contributed by atoms with Gasteiger partial charge < -0.3 is 0 Å². The first-order valence-electron chi connectivity index (χ1n) is 7.26. The summed E-state index contributed by atoms with van der Waals surface area (Å²) < 4.78 is 66.2. The molecule has 0 atom stereocenters. The van der Waals surface area contributed by atoms with Gasteiger partial charge >= 0.3 is 0 Å². The fourth-order valence-electron chi connectivity index (χ4n) is 2.11. The molecule has 2 aromatic carbocycles. The Labute approximate surface area is 136 Å². The van der Waals surface area contributed by atoms with E-state index in [1.807, 2.05) is 39.0 Å². The van der Waals surface area contributed by atoms with Gasteiger partial charge in [-0.2, -0.15) is 0 Å². The topological polar surface area (TPSA) is 12.4 Å². The van der Waals surface area contributed by atoms with Crippen molar-refractivity contribution >= 4 is 11.9 Å². The van der Waals surface area contributed by atoms with Gasteiger partial charge in [0, 0.05) is 12.6 Å². The van der Waals surface area contributed by atoms with E-state index in [-0.39, 0.29) is 11.8 Å². The minimum atomic E-state index is -2.19. The molecule has 0 saturated heterocycles. The molecule has 24 heavy (non-hydrogen) atoms. The van der Waals surface area contributed by atoms with Crippen LogP contribution >= 0.6 is 0 Å². The summed E-state index contributed by atoms with van der Waals surface area (Å²) in [7, 11) is 0. The van der Waals surface area contributed by atoms with Crippen LogP contribution in [-0.2, 0) is 11.8 Å². The minimum Gasteiger partial charge on any atom is -0.254 e. The smallest absolute Gasteiger partial charge is 0.200 e. The van der Waals surface area contributed by atoms with E-state index in [0.717, 1.165) is 17.3 Å². The lowest BCUT2D eigenvalue weighted by atomic mass is 9.86. The Morgan fingerprint density at radius 3 is 1.96 bits per heavy atom. The van der Waals surface area contributed by atoms with E-state index in [2.05, 4.69) is 4.99 Å². The van der Waals surface area contributed by atoms with E-state index in [4.69, 9.17) is 0 Å². The molecule has 128 valence electrons. The normalized spacial score (nSPS) is 12.2. The summed E-state index contributed by atoms with van der Waals surface area (Å²) in [6.45, 7) is 6.11. The number of rotatable bonds is 3. The molecular formula is C18H16F5N. The van der Waals surface area contributed by atoms with Crippen LogP contribution in [0, 0.1) is 29.1 Å². The standard InChI is InChI=1S/C18H16F5N/c1-18(2,3)11-6-4-5-10(9-11)7-8-24-17-15(22)13(20)12(19)14(21)16(17)23/h4-6,8-9H,7H2,1-3H3. The number of benzene rings is 2. The van der Waals surface area contributed by atoms with Crippen molar-refractivity contribution in [3.8, 4) is 0 Å². The highest BCUT2D eigenvalue weighted by molar-refractivity contribution is 5.67. The number of hydrogen-bond donors (Lipinski definition) is 0. The number of hydrogen-bond acceptors (Lipinski definition) is 1. The Bertz CT molecular complexity index is 762. The third-order valence-corrected chi connectivity index (χ3v) is 3.53. The average Bonchev–Trinajstić information content (AvgIpc) is 2.54. The van der Waals surface area contributed by atoms with Gasteiger partial charge in [0.1, 0.15) is 5.69 Å². The zero-order valence-corrected chi connectivity index (χ0v) is 13.4. The Kier molecular flexibility index (Phi) is 5.06. The van der Waals surface area contributed by atoms with Crippen molar-refractivity contribution in [1.29, 1.82) is 0 Å². The fourth-order valence-corrected chi connectivity index (χ4v) is 2.11. The lowest BCUT2D eigenvalue weighted by molar-refractivity contribution is 0.381. The van der Waals surface area contributed by atoms with Crippen molar-refractivity contribution in [2.75, 3.05) is 0 Å². The SMILES string of the molecule is CC(C)(C)c1cccc(CC=Nc2c(F)c(F)c(F)c(F)c2F)c1. The van der Waals surface area contributed by atoms with Crippen LogP contribution in [0.5, 0.6) is 0 Å². The van der Waals surface area contributed by atoms with Crippen LogP contribution in [0.2, 0.25) is 0 Å². The van der Waals surface area contributed by atoms with Gasteiger partial charge in [0.2, 0.25) is 5.82 Å². The van der Waals surface area contributed by atoms with E-state index in [1.54, 1.807) is 6.07 Å². The van der Waals surface area contributed by atoms with Crippen LogP contribution in [0.3, 0.4) is 0 Å². The summed E-state index contributed by atoms with van der Waals surface area (Å²) in [5.41, 5.74) is 0.618. The van der Waals surface area contributed by atoms with E-state index in [9.17, 15) is 22.0 Å². The van der Waals surface area contributed by atoms with Gasteiger partial charge in [-0.3, -0.25) is 4.99 Å². The molecule has 0 unspecified atom stereocenters. The lowest BCUT2D eigenvalue weighted by Gasteiger charge is -2.19. The summed E-state index contributed by atoms with van der Waals surface area (Å²) >= 11 is 0. The second-order valence-corrected chi connectivity index (χ2v) is 6.38. The maximum atomic E-state index is 13.5. The first kappa shape index (κ1) is 18.1. The van der Waals surface area contributed by atoms with Crippen LogP contribution < -0.4 is 0 Å². The number of aliphatic imine (C=N–C) groups is 1. The second kappa shape index (κ2) is 6.71. The summed E-state index contributed by atoms with van der Waals surface area (Å²) in [6, 6.07) is 7.48. The third kappa shape index (κ3) is 3.63. The molecule has 0 radical (unpaired) electrons. The van der Waals surface area contributed by atoms with Crippen molar-refractivity contribution in [1.82, 2.24) is 0 Å². The van der Waals surface area contributed by atoms with Crippen LogP contribution in [0.1, 0.15) is 31.9 Å². The highest BCUT2D eigenvalue weighted by Crippen LogP contribution is 2.29. The molecule has 0 aromatic heterocycles. The van der Waals surface area contributed by atoms with Crippen LogP contribution in [-0.4, -0.2) is 6.21 Å². The quantitative estimate of drug-likeness (QED) is 0.297. The second-order valence-electron chi connectivity index (χ2n) is 6.38. The van der Waals surface area contributed by atoms with Gasteiger partial charge in [-0.25, -0.2) is 22.0 Å². The van der Waals surface area contributed by atoms with Crippen LogP contribution in [0.15, 0.2) is 29.3 Å². The molecule has 0 N–H and O–H groups in total. The molecule has 0 aliphatic carbocycles. The summed E-state index contributed by atoms with van der Waals surface area (Å²) in [6.07, 6.45) is 1.32. The molecule has 2 aromatic rings. The van der Waals surface area contributed by atoms with Gasteiger partial charge in [-0.15, -0.1) is 0 Å². The zero-order chi connectivity index (χ0) is 18.1. The minimum absolute atomic E-state index is 0.0748.